The summed E-state index contributed by atoms with van der Waals surface area (Å²) in [6, 6.07) is 10.9. The lowest BCUT2D eigenvalue weighted by atomic mass is 10.1. The normalized spacial score (nSPS) is 15.0. The summed E-state index contributed by atoms with van der Waals surface area (Å²) in [5.74, 6) is -0.268. The fourth-order valence-corrected chi connectivity index (χ4v) is 3.33. The number of hydrogen-bond acceptors (Lipinski definition) is 4. The van der Waals surface area contributed by atoms with Crippen molar-refractivity contribution in [2.24, 2.45) is 0 Å². The van der Waals surface area contributed by atoms with Crippen molar-refractivity contribution in [3.63, 3.8) is 0 Å². The van der Waals surface area contributed by atoms with E-state index in [2.05, 4.69) is 30.8 Å². The fourth-order valence-electron chi connectivity index (χ4n) is 2.97. The molecule has 2 aromatic carbocycles. The SMILES string of the molecule is Fc1cc(-c2ncnc3ccc(Br)cc23)cc(N2CCOCC2)c1. The third kappa shape index (κ3) is 2.99. The molecule has 1 aliphatic heterocycles. The third-order valence-corrected chi connectivity index (χ3v) is 4.62. The van der Waals surface area contributed by atoms with Gasteiger partial charge in [0.15, 0.2) is 0 Å². The second-order valence-corrected chi connectivity index (χ2v) is 6.60. The summed E-state index contributed by atoms with van der Waals surface area (Å²) in [6.45, 7) is 2.85. The Kier molecular flexibility index (Phi) is 4.16. The largest absolute Gasteiger partial charge is 0.378 e. The minimum atomic E-state index is -0.268. The molecule has 1 fully saturated rings. The summed E-state index contributed by atoms with van der Waals surface area (Å²) < 4.78 is 20.6. The Labute approximate surface area is 147 Å². The molecule has 1 aliphatic rings. The Hall–Kier alpha value is -2.05. The van der Waals surface area contributed by atoms with Crippen LogP contribution >= 0.6 is 15.9 Å². The van der Waals surface area contributed by atoms with Crippen molar-refractivity contribution in [2.45, 2.75) is 0 Å². The Bertz CT molecular complexity index is 897. The van der Waals surface area contributed by atoms with E-state index < -0.39 is 0 Å². The quantitative estimate of drug-likeness (QED) is 0.665. The Balaban J connectivity index is 1.84. The van der Waals surface area contributed by atoms with Gasteiger partial charge in [0.1, 0.15) is 12.1 Å². The van der Waals surface area contributed by atoms with E-state index in [0.717, 1.165) is 45.4 Å². The smallest absolute Gasteiger partial charge is 0.125 e. The maximum Gasteiger partial charge on any atom is 0.125 e. The van der Waals surface area contributed by atoms with Crippen LogP contribution in [0.15, 0.2) is 47.2 Å². The van der Waals surface area contributed by atoms with Crippen molar-refractivity contribution in [3.05, 3.63) is 53.0 Å². The topological polar surface area (TPSA) is 38.2 Å². The highest BCUT2D eigenvalue weighted by molar-refractivity contribution is 9.10. The molecule has 6 heteroatoms. The molecule has 1 saturated heterocycles. The number of halogens is 2. The van der Waals surface area contributed by atoms with Gasteiger partial charge < -0.3 is 9.64 Å². The lowest BCUT2D eigenvalue weighted by Gasteiger charge is -2.29. The van der Waals surface area contributed by atoms with E-state index in [9.17, 15) is 4.39 Å². The second kappa shape index (κ2) is 6.45. The lowest BCUT2D eigenvalue weighted by molar-refractivity contribution is 0.122. The number of ether oxygens (including phenoxy) is 1. The monoisotopic (exact) mass is 387 g/mol. The Morgan fingerprint density at radius 3 is 2.71 bits per heavy atom. The van der Waals surface area contributed by atoms with Crippen molar-refractivity contribution in [2.75, 3.05) is 31.2 Å². The number of morpholine rings is 1. The number of hydrogen-bond donors (Lipinski definition) is 0. The first-order valence-electron chi connectivity index (χ1n) is 7.75. The number of fused-ring (bicyclic) bond motifs is 1. The number of aromatic nitrogens is 2. The molecule has 24 heavy (non-hydrogen) atoms. The van der Waals surface area contributed by atoms with Crippen LogP contribution in [-0.4, -0.2) is 36.3 Å². The Morgan fingerprint density at radius 2 is 1.88 bits per heavy atom. The first-order chi connectivity index (χ1) is 11.7. The maximum atomic E-state index is 14.2. The van der Waals surface area contributed by atoms with Crippen LogP contribution in [0.5, 0.6) is 0 Å². The molecule has 3 aromatic rings. The molecule has 0 bridgehead atoms. The van der Waals surface area contributed by atoms with Gasteiger partial charge in [-0.2, -0.15) is 0 Å². The van der Waals surface area contributed by atoms with Crippen LogP contribution in [0.2, 0.25) is 0 Å². The molecule has 0 N–H and O–H groups in total. The molecule has 0 spiro atoms. The predicted molar refractivity (Wildman–Crippen MR) is 95.7 cm³/mol. The van der Waals surface area contributed by atoms with Crippen LogP contribution in [0.4, 0.5) is 10.1 Å². The van der Waals surface area contributed by atoms with Gasteiger partial charge in [0.05, 0.1) is 24.4 Å². The highest BCUT2D eigenvalue weighted by Gasteiger charge is 2.15. The molecule has 0 aliphatic carbocycles. The molecular weight excluding hydrogens is 373 g/mol. The summed E-state index contributed by atoms with van der Waals surface area (Å²) >= 11 is 3.48. The second-order valence-electron chi connectivity index (χ2n) is 5.68. The zero-order valence-corrected chi connectivity index (χ0v) is 14.5. The summed E-state index contributed by atoms with van der Waals surface area (Å²) in [5, 5.41) is 0.894. The summed E-state index contributed by atoms with van der Waals surface area (Å²) in [6.07, 6.45) is 1.52. The maximum absolute atomic E-state index is 14.2. The van der Waals surface area contributed by atoms with Gasteiger partial charge in [-0.25, -0.2) is 14.4 Å². The van der Waals surface area contributed by atoms with Gasteiger partial charge in [-0.3, -0.25) is 0 Å². The predicted octanol–water partition coefficient (Wildman–Crippen LogP) is 4.04. The van der Waals surface area contributed by atoms with Gasteiger partial charge in [0.2, 0.25) is 0 Å². The van der Waals surface area contributed by atoms with Crippen molar-refractivity contribution >= 4 is 32.5 Å². The van der Waals surface area contributed by atoms with Gasteiger partial charge in [-0.05, 0) is 36.4 Å². The van der Waals surface area contributed by atoms with Gasteiger partial charge in [0, 0.05) is 34.2 Å². The van der Waals surface area contributed by atoms with Crippen molar-refractivity contribution in [1.82, 2.24) is 9.97 Å². The first kappa shape index (κ1) is 15.5. The summed E-state index contributed by atoms with van der Waals surface area (Å²) in [4.78, 5) is 10.8. The van der Waals surface area contributed by atoms with Crippen LogP contribution in [0.1, 0.15) is 0 Å². The highest BCUT2D eigenvalue weighted by atomic mass is 79.9. The van der Waals surface area contributed by atoms with Crippen LogP contribution in [0.3, 0.4) is 0 Å². The first-order valence-corrected chi connectivity index (χ1v) is 8.54. The number of rotatable bonds is 2. The number of nitrogens with zero attached hydrogens (tertiary/aromatic N) is 3. The van der Waals surface area contributed by atoms with E-state index in [0.29, 0.717) is 13.2 Å². The van der Waals surface area contributed by atoms with Crippen molar-refractivity contribution < 1.29 is 9.13 Å². The van der Waals surface area contributed by atoms with E-state index >= 15 is 0 Å². The molecule has 4 rings (SSSR count). The zero-order chi connectivity index (χ0) is 16.5. The number of benzene rings is 2. The molecule has 0 atom stereocenters. The van der Waals surface area contributed by atoms with E-state index in [1.54, 1.807) is 6.07 Å². The van der Waals surface area contributed by atoms with Gasteiger partial charge in [-0.15, -0.1) is 0 Å². The molecule has 0 saturated carbocycles. The summed E-state index contributed by atoms with van der Waals surface area (Å²) in [5.41, 5.74) is 3.17. The van der Waals surface area contributed by atoms with Crippen LogP contribution in [-0.2, 0) is 4.74 Å². The van der Waals surface area contributed by atoms with Crippen LogP contribution < -0.4 is 4.90 Å². The molecule has 2 heterocycles. The lowest BCUT2D eigenvalue weighted by Crippen LogP contribution is -2.36. The molecule has 122 valence electrons. The molecular formula is C18H15BrFN3O. The number of anilines is 1. The van der Waals surface area contributed by atoms with Crippen LogP contribution in [0.25, 0.3) is 22.2 Å². The van der Waals surface area contributed by atoms with E-state index in [1.807, 2.05) is 24.3 Å². The highest BCUT2D eigenvalue weighted by Crippen LogP contribution is 2.31. The average molecular weight is 388 g/mol. The van der Waals surface area contributed by atoms with Crippen molar-refractivity contribution in [1.29, 1.82) is 0 Å². The van der Waals surface area contributed by atoms with E-state index in [1.165, 1.54) is 12.4 Å². The zero-order valence-electron chi connectivity index (χ0n) is 12.9. The molecule has 0 radical (unpaired) electrons. The molecule has 4 nitrogen and oxygen atoms in total. The standard InChI is InChI=1S/C18H15BrFN3O/c19-13-1-2-17-16(9-13)18(22-11-21-17)12-7-14(20)10-15(8-12)23-3-5-24-6-4-23/h1-2,7-11H,3-6H2. The van der Waals surface area contributed by atoms with Gasteiger partial charge in [0.25, 0.3) is 0 Å². The minimum Gasteiger partial charge on any atom is -0.378 e. The summed E-state index contributed by atoms with van der Waals surface area (Å²) in [7, 11) is 0. The van der Waals surface area contributed by atoms with E-state index in [-0.39, 0.29) is 5.82 Å². The van der Waals surface area contributed by atoms with E-state index in [4.69, 9.17) is 4.74 Å². The average Bonchev–Trinajstić information content (AvgIpc) is 2.61. The molecule has 1 aromatic heterocycles. The van der Waals surface area contributed by atoms with Gasteiger partial charge >= 0.3 is 0 Å². The molecule has 0 unspecified atom stereocenters. The third-order valence-electron chi connectivity index (χ3n) is 4.13. The Morgan fingerprint density at radius 1 is 1.04 bits per heavy atom. The minimum absolute atomic E-state index is 0.268. The van der Waals surface area contributed by atoms with Crippen molar-refractivity contribution in [3.8, 4) is 11.3 Å². The molecule has 0 amide bonds. The van der Waals surface area contributed by atoms with Gasteiger partial charge in [-0.1, -0.05) is 15.9 Å². The fraction of sp³-hybridized carbons (Fsp3) is 0.222. The van der Waals surface area contributed by atoms with Crippen LogP contribution in [0, 0.1) is 5.82 Å².